The number of piperidine rings is 1. The zero-order chi connectivity index (χ0) is 19.8. The van der Waals surface area contributed by atoms with E-state index in [4.69, 9.17) is 4.74 Å². The Labute approximate surface area is 169 Å². The maximum atomic E-state index is 14.0. The summed E-state index contributed by atoms with van der Waals surface area (Å²) in [6, 6.07) is 14.6. The molecule has 148 valence electrons. The van der Waals surface area contributed by atoms with Gasteiger partial charge in [0.1, 0.15) is 17.7 Å². The van der Waals surface area contributed by atoms with Crippen LogP contribution in [0.5, 0.6) is 5.75 Å². The fourth-order valence-corrected chi connectivity index (χ4v) is 3.97. The van der Waals surface area contributed by atoms with E-state index in [-0.39, 0.29) is 17.8 Å². The van der Waals surface area contributed by atoms with Crippen LogP contribution in [0.3, 0.4) is 0 Å². The zero-order valence-corrected chi connectivity index (χ0v) is 16.2. The highest BCUT2D eigenvalue weighted by Crippen LogP contribution is 2.32. The molecule has 4 nitrogen and oxygen atoms in total. The lowest BCUT2D eigenvalue weighted by Crippen LogP contribution is -2.42. The molecule has 0 unspecified atom stereocenters. The molecule has 5 rings (SSSR count). The van der Waals surface area contributed by atoms with Crippen molar-refractivity contribution in [1.29, 1.82) is 0 Å². The van der Waals surface area contributed by atoms with E-state index >= 15 is 0 Å². The van der Waals surface area contributed by atoms with Crippen LogP contribution < -0.4 is 4.74 Å². The molecule has 0 N–H and O–H groups in total. The molecule has 0 radical (unpaired) electrons. The number of halogens is 1. The van der Waals surface area contributed by atoms with Gasteiger partial charge in [0.05, 0.1) is 5.52 Å². The van der Waals surface area contributed by atoms with Gasteiger partial charge in [-0.05, 0) is 48.7 Å². The average Bonchev–Trinajstić information content (AvgIpc) is 3.60. The molecular formula is C24H23FN2O2. The van der Waals surface area contributed by atoms with Crippen LogP contribution in [-0.4, -0.2) is 35.0 Å². The standard InChI is InChI=1S/C24H23FN2O2/c25-22-2-1-3-23-21(22)14-18(15-26-23)16-6-8-19(9-7-16)29-20-10-12-27(13-11-20)24(28)17-4-5-17/h1-3,6-9,14-15,17,20H,4-5,10-13H2. The lowest BCUT2D eigenvalue weighted by molar-refractivity contribution is -0.134. The SMILES string of the molecule is O=C(C1CC1)N1CCC(Oc2ccc(-c3cnc4cccc(F)c4c3)cc2)CC1. The number of hydrogen-bond donors (Lipinski definition) is 0. The maximum absolute atomic E-state index is 14.0. The lowest BCUT2D eigenvalue weighted by Gasteiger charge is -2.32. The van der Waals surface area contributed by atoms with E-state index in [9.17, 15) is 9.18 Å². The first-order chi connectivity index (χ1) is 14.2. The molecule has 2 aliphatic rings. The highest BCUT2D eigenvalue weighted by Gasteiger charge is 2.35. The average molecular weight is 390 g/mol. The number of likely N-dealkylation sites (tertiary alicyclic amines) is 1. The molecule has 0 atom stereocenters. The fraction of sp³-hybridized carbons (Fsp3) is 0.333. The van der Waals surface area contributed by atoms with Crippen LogP contribution in [-0.2, 0) is 4.79 Å². The predicted octanol–water partition coefficient (Wildman–Crippen LogP) is 4.82. The summed E-state index contributed by atoms with van der Waals surface area (Å²) >= 11 is 0. The molecule has 3 aromatic rings. The number of amides is 1. The Morgan fingerprint density at radius 1 is 1.00 bits per heavy atom. The van der Waals surface area contributed by atoms with Crippen molar-refractivity contribution in [2.24, 2.45) is 5.92 Å². The van der Waals surface area contributed by atoms with E-state index in [1.165, 1.54) is 6.07 Å². The second kappa shape index (κ2) is 7.47. The summed E-state index contributed by atoms with van der Waals surface area (Å²) in [7, 11) is 0. The third-order valence-corrected chi connectivity index (χ3v) is 5.84. The molecule has 2 heterocycles. The molecule has 1 aliphatic heterocycles. The number of pyridine rings is 1. The maximum Gasteiger partial charge on any atom is 0.225 e. The number of benzene rings is 2. The van der Waals surface area contributed by atoms with Crippen LogP contribution in [0.15, 0.2) is 54.7 Å². The predicted molar refractivity (Wildman–Crippen MR) is 110 cm³/mol. The van der Waals surface area contributed by atoms with E-state index in [0.29, 0.717) is 16.8 Å². The number of carbonyl (C=O) groups excluding carboxylic acids is 1. The Balaban J connectivity index is 1.24. The van der Waals surface area contributed by atoms with Crippen molar-refractivity contribution in [1.82, 2.24) is 9.88 Å². The summed E-state index contributed by atoms with van der Waals surface area (Å²) in [5.74, 6) is 1.18. The summed E-state index contributed by atoms with van der Waals surface area (Å²) < 4.78 is 20.2. The largest absolute Gasteiger partial charge is 0.490 e. The zero-order valence-electron chi connectivity index (χ0n) is 16.2. The number of nitrogens with zero attached hydrogens (tertiary/aromatic N) is 2. The second-order valence-electron chi connectivity index (χ2n) is 7.97. The van der Waals surface area contributed by atoms with Gasteiger partial charge in [-0.15, -0.1) is 0 Å². The van der Waals surface area contributed by atoms with Crippen LogP contribution in [0.4, 0.5) is 4.39 Å². The van der Waals surface area contributed by atoms with Crippen molar-refractivity contribution in [3.05, 3.63) is 60.5 Å². The highest BCUT2D eigenvalue weighted by molar-refractivity contribution is 5.84. The first-order valence-corrected chi connectivity index (χ1v) is 10.3. The molecule has 2 aromatic carbocycles. The molecule has 5 heteroatoms. The van der Waals surface area contributed by atoms with Crippen molar-refractivity contribution < 1.29 is 13.9 Å². The minimum atomic E-state index is -0.261. The van der Waals surface area contributed by atoms with Crippen LogP contribution >= 0.6 is 0 Å². The fourth-order valence-electron chi connectivity index (χ4n) is 3.97. The van der Waals surface area contributed by atoms with E-state index in [2.05, 4.69) is 4.98 Å². The Morgan fingerprint density at radius 3 is 2.48 bits per heavy atom. The molecule has 1 aliphatic carbocycles. The summed E-state index contributed by atoms with van der Waals surface area (Å²) in [6.07, 6.45) is 5.76. The molecule has 29 heavy (non-hydrogen) atoms. The molecule has 1 amide bonds. The summed E-state index contributed by atoms with van der Waals surface area (Å²) in [6.45, 7) is 1.57. The van der Waals surface area contributed by atoms with E-state index in [1.54, 1.807) is 12.3 Å². The number of aromatic nitrogens is 1. The number of carbonyl (C=O) groups is 1. The molecule has 2 fully saturated rings. The molecule has 0 bridgehead atoms. The first kappa shape index (κ1) is 18.1. The second-order valence-corrected chi connectivity index (χ2v) is 7.97. The van der Waals surface area contributed by atoms with Crippen molar-refractivity contribution >= 4 is 16.8 Å². The number of rotatable bonds is 4. The lowest BCUT2D eigenvalue weighted by atomic mass is 10.0. The third kappa shape index (κ3) is 3.82. The van der Waals surface area contributed by atoms with Gasteiger partial charge < -0.3 is 9.64 Å². The normalized spacial score (nSPS) is 17.5. The van der Waals surface area contributed by atoms with Gasteiger partial charge in [-0.1, -0.05) is 18.2 Å². The molecule has 1 aromatic heterocycles. The van der Waals surface area contributed by atoms with Gasteiger partial charge in [0.15, 0.2) is 0 Å². The van der Waals surface area contributed by atoms with Gasteiger partial charge in [0.2, 0.25) is 5.91 Å². The first-order valence-electron chi connectivity index (χ1n) is 10.3. The minimum Gasteiger partial charge on any atom is -0.490 e. The van der Waals surface area contributed by atoms with Gasteiger partial charge in [0.25, 0.3) is 0 Å². The number of fused-ring (bicyclic) bond motifs is 1. The van der Waals surface area contributed by atoms with Crippen LogP contribution in [0.2, 0.25) is 0 Å². The smallest absolute Gasteiger partial charge is 0.225 e. The molecule has 1 saturated heterocycles. The number of hydrogen-bond acceptors (Lipinski definition) is 3. The van der Waals surface area contributed by atoms with Crippen molar-refractivity contribution in [2.75, 3.05) is 13.1 Å². The van der Waals surface area contributed by atoms with Crippen LogP contribution in [0.25, 0.3) is 22.0 Å². The monoisotopic (exact) mass is 390 g/mol. The third-order valence-electron chi connectivity index (χ3n) is 5.84. The van der Waals surface area contributed by atoms with E-state index in [1.807, 2.05) is 41.3 Å². The van der Waals surface area contributed by atoms with E-state index < -0.39 is 0 Å². The van der Waals surface area contributed by atoms with Gasteiger partial charge in [-0.2, -0.15) is 0 Å². The quantitative estimate of drug-likeness (QED) is 0.641. The van der Waals surface area contributed by atoms with Gasteiger partial charge in [0, 0.05) is 49.0 Å². The number of ether oxygens (including phenoxy) is 1. The van der Waals surface area contributed by atoms with Crippen LogP contribution in [0.1, 0.15) is 25.7 Å². The topological polar surface area (TPSA) is 42.4 Å². The van der Waals surface area contributed by atoms with Gasteiger partial charge in [-0.25, -0.2) is 4.39 Å². The Hall–Kier alpha value is -2.95. The summed E-state index contributed by atoms with van der Waals surface area (Å²) in [5.41, 5.74) is 2.50. The van der Waals surface area contributed by atoms with Gasteiger partial charge >= 0.3 is 0 Å². The minimum absolute atomic E-state index is 0.139. The molecular weight excluding hydrogens is 367 g/mol. The van der Waals surface area contributed by atoms with Crippen molar-refractivity contribution in [3.63, 3.8) is 0 Å². The summed E-state index contributed by atoms with van der Waals surface area (Å²) in [5, 5.41) is 0.526. The molecule has 0 spiro atoms. The highest BCUT2D eigenvalue weighted by atomic mass is 19.1. The van der Waals surface area contributed by atoms with E-state index in [0.717, 1.165) is 55.6 Å². The van der Waals surface area contributed by atoms with Crippen molar-refractivity contribution in [3.8, 4) is 16.9 Å². The Bertz CT molecular complexity index is 1040. The van der Waals surface area contributed by atoms with Crippen LogP contribution in [0, 0.1) is 11.7 Å². The molecule has 1 saturated carbocycles. The van der Waals surface area contributed by atoms with Crippen molar-refractivity contribution in [2.45, 2.75) is 31.8 Å². The Kier molecular flexibility index (Phi) is 4.66. The van der Waals surface area contributed by atoms with Gasteiger partial charge in [-0.3, -0.25) is 9.78 Å². The summed E-state index contributed by atoms with van der Waals surface area (Å²) in [4.78, 5) is 18.5. The Morgan fingerprint density at radius 2 is 1.76 bits per heavy atom.